The smallest absolute Gasteiger partial charge is 0.235 e. The van der Waals surface area contributed by atoms with Crippen LogP contribution in [0, 0.1) is 27.7 Å². The van der Waals surface area contributed by atoms with E-state index in [-0.39, 0.29) is 0 Å². The lowest BCUT2D eigenvalue weighted by Crippen LogP contribution is -2.04. The molecule has 23 aromatic rings. The van der Waals surface area contributed by atoms with Gasteiger partial charge < -0.3 is 13.7 Å². The number of para-hydroxylation sites is 6. The van der Waals surface area contributed by atoms with Crippen molar-refractivity contribution in [1.82, 2.24) is 63.1 Å². The van der Waals surface area contributed by atoms with Crippen molar-refractivity contribution in [2.45, 2.75) is 27.7 Å². The van der Waals surface area contributed by atoms with Gasteiger partial charge >= 0.3 is 0 Å². The number of hydrogen-bond donors (Lipinski definition) is 0. The summed E-state index contributed by atoms with van der Waals surface area (Å²) in [4.78, 5) is 44.4. The standard InChI is InChI=1S/C47H35N7.C32H21N3.C26H17N3/c1-28-11-15-41-35(21-28)36-22-29(2)12-16-42(36)53(41)33-25-32(45-50-46(39-9-5-7-19-48-39)52-47(51-45)40-10-6-8-20-49-40)26-34(27-33)54-43-17-13-30(3)23-37(43)38-24-31(4)14-18-44(38)54;1-2-11-22(12-3-1)31-27-17-4-7-18-28(27)33-32(34-31)23-13-10-14-24(21-23)35-29-19-8-5-15-25(29)26-16-6-9-20-30(26)35;1-2-10-18(11-3-1)25-21-14-4-7-15-22(21)27-26(28-25)29-23-16-8-5-12-19(23)20-13-6-9-17-24(20)29/h5-27H,1-4H3;1-21H;1-17H. The summed E-state index contributed by atoms with van der Waals surface area (Å²) in [5.41, 5.74) is 26.3. The molecule has 558 valence electrons. The molecule has 0 saturated heterocycles. The third-order valence-electron chi connectivity index (χ3n) is 22.3. The molecular formula is C105H73N13. The first kappa shape index (κ1) is 70.2. The molecule has 0 bridgehead atoms. The highest BCUT2D eigenvalue weighted by atomic mass is 15.2. The third kappa shape index (κ3) is 12.6. The van der Waals surface area contributed by atoms with E-state index in [2.05, 4.69) is 329 Å². The van der Waals surface area contributed by atoms with Gasteiger partial charge in [0.15, 0.2) is 23.3 Å². The highest BCUT2D eigenvalue weighted by Gasteiger charge is 2.24. The number of rotatable bonds is 10. The molecule has 0 spiro atoms. The van der Waals surface area contributed by atoms with E-state index in [1.54, 1.807) is 12.4 Å². The molecule has 0 atom stereocenters. The van der Waals surface area contributed by atoms with Crippen molar-refractivity contribution in [3.63, 3.8) is 0 Å². The lowest BCUT2D eigenvalue weighted by molar-refractivity contribution is 1.01. The Bertz CT molecular complexity index is 7430. The Morgan fingerprint density at radius 2 is 0.534 bits per heavy atom. The first-order valence-corrected chi connectivity index (χ1v) is 39.6. The van der Waals surface area contributed by atoms with Gasteiger partial charge in [-0.05, 0) is 167 Å². The molecule has 0 fully saturated rings. The molecule has 118 heavy (non-hydrogen) atoms. The normalized spacial score (nSPS) is 11.6. The van der Waals surface area contributed by atoms with E-state index in [4.69, 9.17) is 34.9 Å². The van der Waals surface area contributed by atoms with Gasteiger partial charge in [-0.1, -0.05) is 241 Å². The summed E-state index contributed by atoms with van der Waals surface area (Å²) in [5, 5.41) is 11.9. The SMILES string of the molecule is Cc1ccc2c(c1)c1cc(C)ccc1n2-c1cc(-c2nc(-c3ccccn3)nc(-c3ccccn3)n2)cc(-n2c3ccc(C)cc3c3cc(C)ccc32)c1.c1ccc(-c2nc(-c3cccc(-n4c5ccccc5c5ccccc54)c3)nc3ccccc23)cc1.c1ccc(-c2nc(-n3c4ccccc4c4ccccc43)nc3ccccc23)cc1. The number of pyridine rings is 2. The number of hydrogen-bond acceptors (Lipinski definition) is 9. The number of nitrogens with zero attached hydrogens (tertiary/aromatic N) is 13. The van der Waals surface area contributed by atoms with Crippen LogP contribution in [0.3, 0.4) is 0 Å². The van der Waals surface area contributed by atoms with Crippen molar-refractivity contribution in [3.8, 4) is 91.3 Å². The summed E-state index contributed by atoms with van der Waals surface area (Å²) in [6, 6.07) is 125. The van der Waals surface area contributed by atoms with E-state index in [1.807, 2.05) is 84.9 Å². The average Bonchev–Trinajstić information content (AvgIpc) is 1.57. The van der Waals surface area contributed by atoms with Gasteiger partial charge in [-0.25, -0.2) is 34.9 Å². The highest BCUT2D eigenvalue weighted by Crippen LogP contribution is 2.42. The number of aromatic nitrogens is 13. The molecule has 0 aliphatic carbocycles. The summed E-state index contributed by atoms with van der Waals surface area (Å²) in [6.45, 7) is 8.62. The van der Waals surface area contributed by atoms with Gasteiger partial charge in [0.05, 0.1) is 66.6 Å². The zero-order valence-electron chi connectivity index (χ0n) is 65.0. The molecule has 14 aromatic carbocycles. The first-order valence-electron chi connectivity index (χ1n) is 39.6. The number of benzene rings is 14. The largest absolute Gasteiger partial charge is 0.309 e. The number of aryl methyl sites for hydroxylation is 4. The van der Waals surface area contributed by atoms with Gasteiger partial charge in [0, 0.05) is 106 Å². The van der Waals surface area contributed by atoms with Crippen LogP contribution >= 0.6 is 0 Å². The maximum Gasteiger partial charge on any atom is 0.235 e. The zero-order chi connectivity index (χ0) is 78.9. The molecule has 0 aliphatic rings. The van der Waals surface area contributed by atoms with Crippen LogP contribution in [0.25, 0.3) is 200 Å². The van der Waals surface area contributed by atoms with Crippen molar-refractivity contribution >= 4 is 109 Å². The fraction of sp³-hybridized carbons (Fsp3) is 0.0381. The molecule has 9 heterocycles. The minimum absolute atomic E-state index is 0.485. The van der Waals surface area contributed by atoms with E-state index >= 15 is 0 Å². The van der Waals surface area contributed by atoms with E-state index in [9.17, 15) is 0 Å². The van der Waals surface area contributed by atoms with E-state index < -0.39 is 0 Å². The molecular weight excluding hydrogens is 1440 g/mol. The van der Waals surface area contributed by atoms with Gasteiger partial charge in [0.25, 0.3) is 0 Å². The zero-order valence-corrected chi connectivity index (χ0v) is 65.0. The van der Waals surface area contributed by atoms with Crippen molar-refractivity contribution in [2.24, 2.45) is 0 Å². The second-order valence-corrected chi connectivity index (χ2v) is 30.1. The minimum atomic E-state index is 0.485. The van der Waals surface area contributed by atoms with Crippen LogP contribution in [0.2, 0.25) is 0 Å². The summed E-state index contributed by atoms with van der Waals surface area (Å²) in [7, 11) is 0. The van der Waals surface area contributed by atoms with Crippen LogP contribution in [0.4, 0.5) is 0 Å². The Morgan fingerprint density at radius 3 is 0.975 bits per heavy atom. The van der Waals surface area contributed by atoms with Gasteiger partial charge in [-0.3, -0.25) is 14.5 Å². The van der Waals surface area contributed by atoms with Crippen LogP contribution < -0.4 is 0 Å². The van der Waals surface area contributed by atoms with Gasteiger partial charge in [-0.2, -0.15) is 0 Å². The molecule has 0 N–H and O–H groups in total. The van der Waals surface area contributed by atoms with Crippen LogP contribution in [-0.4, -0.2) is 63.1 Å². The quantitative estimate of drug-likeness (QED) is 0.131. The molecule has 13 heteroatoms. The lowest BCUT2D eigenvalue weighted by Gasteiger charge is -2.16. The molecule has 0 unspecified atom stereocenters. The molecule has 0 aliphatic heterocycles. The Morgan fingerprint density at radius 1 is 0.195 bits per heavy atom. The Labute approximate surface area is 679 Å². The van der Waals surface area contributed by atoms with E-state index in [0.717, 1.165) is 111 Å². The minimum Gasteiger partial charge on any atom is -0.309 e. The highest BCUT2D eigenvalue weighted by molar-refractivity contribution is 6.13. The van der Waals surface area contributed by atoms with Crippen LogP contribution in [0.1, 0.15) is 22.3 Å². The second-order valence-electron chi connectivity index (χ2n) is 30.1. The molecule has 23 rings (SSSR count). The van der Waals surface area contributed by atoms with E-state index in [0.29, 0.717) is 34.8 Å². The molecule has 13 nitrogen and oxygen atoms in total. The first-order chi connectivity index (χ1) is 58.1. The topological polar surface area (TPSA) is 136 Å². The van der Waals surface area contributed by atoms with Crippen molar-refractivity contribution in [1.29, 1.82) is 0 Å². The molecule has 0 radical (unpaired) electrons. The van der Waals surface area contributed by atoms with Gasteiger partial charge in [0.1, 0.15) is 11.4 Å². The van der Waals surface area contributed by atoms with Crippen molar-refractivity contribution in [3.05, 3.63) is 393 Å². The monoisotopic (exact) mass is 1520 g/mol. The third-order valence-corrected chi connectivity index (χ3v) is 22.3. The average molecular weight is 1520 g/mol. The van der Waals surface area contributed by atoms with Crippen molar-refractivity contribution in [2.75, 3.05) is 0 Å². The van der Waals surface area contributed by atoms with Gasteiger partial charge in [-0.15, -0.1) is 0 Å². The summed E-state index contributed by atoms with van der Waals surface area (Å²) in [6.07, 6.45) is 3.52. The fourth-order valence-corrected chi connectivity index (χ4v) is 16.9. The van der Waals surface area contributed by atoms with Crippen LogP contribution in [0.15, 0.2) is 370 Å². The second kappa shape index (κ2) is 29.3. The molecule has 9 aromatic heterocycles. The fourth-order valence-electron chi connectivity index (χ4n) is 16.9. The summed E-state index contributed by atoms with van der Waals surface area (Å²) < 4.78 is 9.25. The van der Waals surface area contributed by atoms with Crippen molar-refractivity contribution < 1.29 is 0 Å². The Balaban J connectivity index is 0.000000117. The van der Waals surface area contributed by atoms with Crippen LogP contribution in [0.5, 0.6) is 0 Å². The molecule has 0 amide bonds. The summed E-state index contributed by atoms with van der Waals surface area (Å²) >= 11 is 0. The summed E-state index contributed by atoms with van der Waals surface area (Å²) in [5.74, 6) is 2.93. The predicted molar refractivity (Wildman–Crippen MR) is 483 cm³/mol. The Kier molecular flexibility index (Phi) is 17.4. The maximum absolute atomic E-state index is 5.11. The van der Waals surface area contributed by atoms with E-state index in [1.165, 1.54) is 76.4 Å². The maximum atomic E-state index is 5.11. The Hall–Kier alpha value is -15.7. The van der Waals surface area contributed by atoms with Crippen LogP contribution in [-0.2, 0) is 0 Å². The number of fused-ring (bicyclic) bond motifs is 14. The molecule has 0 saturated carbocycles. The lowest BCUT2D eigenvalue weighted by atomic mass is 10.1. The van der Waals surface area contributed by atoms with Gasteiger partial charge in [0.2, 0.25) is 5.95 Å². The predicted octanol–water partition coefficient (Wildman–Crippen LogP) is 25.5.